The van der Waals surface area contributed by atoms with Crippen LogP contribution in [0.5, 0.6) is 0 Å². The van der Waals surface area contributed by atoms with Crippen LogP contribution in [0.2, 0.25) is 5.02 Å². The highest BCUT2D eigenvalue weighted by Crippen LogP contribution is 2.22. The minimum Gasteiger partial charge on any atom is -0.379 e. The van der Waals surface area contributed by atoms with E-state index in [0.29, 0.717) is 6.61 Å². The molecule has 1 unspecified atom stereocenters. The van der Waals surface area contributed by atoms with Crippen molar-refractivity contribution in [2.24, 2.45) is 5.73 Å². The van der Waals surface area contributed by atoms with Gasteiger partial charge in [0, 0.05) is 17.7 Å². The van der Waals surface area contributed by atoms with Gasteiger partial charge in [0.15, 0.2) is 0 Å². The Hall–Kier alpha value is -0.570. The molecule has 1 aromatic rings. The van der Waals surface area contributed by atoms with E-state index in [1.807, 2.05) is 38.1 Å². The molecule has 0 saturated carbocycles. The first kappa shape index (κ1) is 12.5. The molecule has 15 heavy (non-hydrogen) atoms. The first-order chi connectivity index (χ1) is 7.11. The molecular weight excluding hydrogens is 210 g/mol. The number of nitrogens with two attached hydrogens (primary N) is 1. The lowest BCUT2D eigenvalue weighted by Crippen LogP contribution is -2.15. The van der Waals surface area contributed by atoms with Gasteiger partial charge in [-0.15, -0.1) is 0 Å². The normalized spacial score (nSPS) is 13.1. The maximum Gasteiger partial charge on any atom is 0.0518 e. The van der Waals surface area contributed by atoms with Crippen LogP contribution in [0.3, 0.4) is 0 Å². The summed E-state index contributed by atoms with van der Waals surface area (Å²) < 4.78 is 5.45. The first-order valence-corrected chi connectivity index (χ1v) is 5.60. The minimum atomic E-state index is -0.0440. The van der Waals surface area contributed by atoms with Gasteiger partial charge in [-0.25, -0.2) is 0 Å². The van der Waals surface area contributed by atoms with Gasteiger partial charge < -0.3 is 10.5 Å². The van der Waals surface area contributed by atoms with Crippen LogP contribution in [0, 0.1) is 0 Å². The lowest BCUT2D eigenvalue weighted by molar-refractivity contribution is 0.0736. The van der Waals surface area contributed by atoms with Crippen LogP contribution in [0.25, 0.3) is 0 Å². The largest absolute Gasteiger partial charge is 0.379 e. The SMILES string of the molecule is CC(C)OCCC(N)c1ccccc1Cl. The Morgan fingerprint density at radius 3 is 2.60 bits per heavy atom. The third-order valence-electron chi connectivity index (χ3n) is 2.18. The smallest absolute Gasteiger partial charge is 0.0518 e. The van der Waals surface area contributed by atoms with Crippen molar-refractivity contribution in [3.8, 4) is 0 Å². The average molecular weight is 228 g/mol. The molecule has 0 bridgehead atoms. The highest BCUT2D eigenvalue weighted by molar-refractivity contribution is 6.31. The number of ether oxygens (including phenoxy) is 1. The third-order valence-corrected chi connectivity index (χ3v) is 2.53. The third kappa shape index (κ3) is 4.20. The molecule has 84 valence electrons. The molecule has 0 aliphatic heterocycles. The number of hydrogen-bond acceptors (Lipinski definition) is 2. The maximum atomic E-state index is 6.04. The van der Waals surface area contributed by atoms with Crippen LogP contribution in [0.4, 0.5) is 0 Å². The molecule has 0 aromatic heterocycles. The van der Waals surface area contributed by atoms with Crippen molar-refractivity contribution in [2.75, 3.05) is 6.61 Å². The van der Waals surface area contributed by atoms with E-state index < -0.39 is 0 Å². The van der Waals surface area contributed by atoms with E-state index in [-0.39, 0.29) is 12.1 Å². The zero-order valence-corrected chi connectivity index (χ0v) is 10.00. The Kier molecular flexibility index (Phi) is 5.09. The van der Waals surface area contributed by atoms with E-state index in [4.69, 9.17) is 22.1 Å². The molecule has 2 nitrogen and oxygen atoms in total. The molecule has 1 atom stereocenters. The first-order valence-electron chi connectivity index (χ1n) is 5.23. The summed E-state index contributed by atoms with van der Waals surface area (Å²) in [4.78, 5) is 0. The maximum absolute atomic E-state index is 6.04. The lowest BCUT2D eigenvalue weighted by atomic mass is 10.1. The summed E-state index contributed by atoms with van der Waals surface area (Å²) in [5.41, 5.74) is 7.01. The Balaban J connectivity index is 2.47. The molecule has 0 spiro atoms. The fraction of sp³-hybridized carbons (Fsp3) is 0.500. The summed E-state index contributed by atoms with van der Waals surface area (Å²) in [6.07, 6.45) is 1.05. The number of rotatable bonds is 5. The summed E-state index contributed by atoms with van der Waals surface area (Å²) >= 11 is 6.04. The second-order valence-electron chi connectivity index (χ2n) is 3.84. The van der Waals surface area contributed by atoms with E-state index in [9.17, 15) is 0 Å². The predicted octanol–water partition coefficient (Wildman–Crippen LogP) is 3.15. The van der Waals surface area contributed by atoms with E-state index in [1.165, 1.54) is 0 Å². The fourth-order valence-corrected chi connectivity index (χ4v) is 1.64. The van der Waals surface area contributed by atoms with Gasteiger partial charge in [-0.05, 0) is 31.9 Å². The Morgan fingerprint density at radius 1 is 1.33 bits per heavy atom. The zero-order chi connectivity index (χ0) is 11.3. The van der Waals surface area contributed by atoms with Gasteiger partial charge in [0.25, 0.3) is 0 Å². The predicted molar refractivity (Wildman–Crippen MR) is 64.1 cm³/mol. The number of halogens is 1. The van der Waals surface area contributed by atoms with Gasteiger partial charge in [0.1, 0.15) is 0 Å². The van der Waals surface area contributed by atoms with Gasteiger partial charge >= 0.3 is 0 Å². The molecule has 0 aliphatic rings. The monoisotopic (exact) mass is 227 g/mol. The molecule has 1 aromatic carbocycles. The second-order valence-corrected chi connectivity index (χ2v) is 4.24. The van der Waals surface area contributed by atoms with Crippen molar-refractivity contribution in [1.29, 1.82) is 0 Å². The van der Waals surface area contributed by atoms with Gasteiger partial charge in [0.2, 0.25) is 0 Å². The average Bonchev–Trinajstić information content (AvgIpc) is 2.17. The molecule has 1 rings (SSSR count). The van der Waals surface area contributed by atoms with Gasteiger partial charge in [-0.1, -0.05) is 29.8 Å². The Bertz CT molecular complexity index is 301. The molecule has 0 aliphatic carbocycles. The summed E-state index contributed by atoms with van der Waals surface area (Å²) in [7, 11) is 0. The molecular formula is C12H18ClNO. The van der Waals surface area contributed by atoms with Crippen molar-refractivity contribution in [2.45, 2.75) is 32.4 Å². The molecule has 3 heteroatoms. The number of hydrogen-bond donors (Lipinski definition) is 1. The summed E-state index contributed by atoms with van der Waals surface area (Å²) in [6, 6.07) is 7.63. The summed E-state index contributed by atoms with van der Waals surface area (Å²) in [5.74, 6) is 0. The van der Waals surface area contributed by atoms with Gasteiger partial charge in [-0.2, -0.15) is 0 Å². The Morgan fingerprint density at radius 2 is 2.00 bits per heavy atom. The van der Waals surface area contributed by atoms with Crippen LogP contribution in [0.1, 0.15) is 31.9 Å². The second kappa shape index (κ2) is 6.11. The van der Waals surface area contributed by atoms with E-state index >= 15 is 0 Å². The van der Waals surface area contributed by atoms with Crippen LogP contribution < -0.4 is 5.73 Å². The van der Waals surface area contributed by atoms with Crippen LogP contribution >= 0.6 is 11.6 Å². The van der Waals surface area contributed by atoms with E-state index in [2.05, 4.69) is 0 Å². The molecule has 0 saturated heterocycles. The van der Waals surface area contributed by atoms with E-state index in [1.54, 1.807) is 0 Å². The van der Waals surface area contributed by atoms with Crippen molar-refractivity contribution in [3.05, 3.63) is 34.9 Å². The molecule has 0 fully saturated rings. The lowest BCUT2D eigenvalue weighted by Gasteiger charge is -2.14. The molecule has 0 radical (unpaired) electrons. The van der Waals surface area contributed by atoms with Crippen molar-refractivity contribution >= 4 is 11.6 Å². The highest BCUT2D eigenvalue weighted by Gasteiger charge is 2.09. The molecule has 0 heterocycles. The van der Waals surface area contributed by atoms with Crippen LogP contribution in [-0.4, -0.2) is 12.7 Å². The zero-order valence-electron chi connectivity index (χ0n) is 9.24. The quantitative estimate of drug-likeness (QED) is 0.839. The molecule has 2 N–H and O–H groups in total. The minimum absolute atomic E-state index is 0.0440. The topological polar surface area (TPSA) is 35.2 Å². The summed E-state index contributed by atoms with van der Waals surface area (Å²) in [6.45, 7) is 4.70. The Labute approximate surface area is 96.4 Å². The number of benzene rings is 1. The van der Waals surface area contributed by atoms with Crippen molar-refractivity contribution in [3.63, 3.8) is 0 Å². The van der Waals surface area contributed by atoms with E-state index in [0.717, 1.165) is 17.0 Å². The van der Waals surface area contributed by atoms with Crippen LogP contribution in [0.15, 0.2) is 24.3 Å². The van der Waals surface area contributed by atoms with Crippen molar-refractivity contribution in [1.82, 2.24) is 0 Å². The standard InChI is InChI=1S/C12H18ClNO/c1-9(2)15-8-7-12(14)10-5-3-4-6-11(10)13/h3-6,9,12H,7-8,14H2,1-2H3. The molecule has 0 amide bonds. The van der Waals surface area contributed by atoms with Crippen LogP contribution in [-0.2, 0) is 4.74 Å². The van der Waals surface area contributed by atoms with Gasteiger partial charge in [-0.3, -0.25) is 0 Å². The van der Waals surface area contributed by atoms with Crippen molar-refractivity contribution < 1.29 is 4.74 Å². The fourth-order valence-electron chi connectivity index (χ4n) is 1.36. The summed E-state index contributed by atoms with van der Waals surface area (Å²) in [5, 5.41) is 0.731. The van der Waals surface area contributed by atoms with Gasteiger partial charge in [0.05, 0.1) is 6.10 Å². The highest BCUT2D eigenvalue weighted by atomic mass is 35.5.